The topological polar surface area (TPSA) is 81.7 Å². The standard InChI is InChI=1S/C12H23N3O3/c1-8(7-15(2)3)13-12(18)14-10-5-4-9(6-10)11(16)17/h8-10H,4-7H2,1-3H3,(H,16,17)(H2,13,14,18). The van der Waals surface area contributed by atoms with Crippen LogP contribution in [0.5, 0.6) is 0 Å². The Morgan fingerprint density at radius 3 is 2.56 bits per heavy atom. The van der Waals surface area contributed by atoms with E-state index in [4.69, 9.17) is 5.11 Å². The molecular formula is C12H23N3O3. The molecular weight excluding hydrogens is 234 g/mol. The minimum absolute atomic E-state index is 0.0161. The minimum atomic E-state index is -0.763. The molecule has 18 heavy (non-hydrogen) atoms. The molecule has 0 aliphatic heterocycles. The molecule has 1 fully saturated rings. The van der Waals surface area contributed by atoms with E-state index in [9.17, 15) is 9.59 Å². The molecule has 1 saturated carbocycles. The lowest BCUT2D eigenvalue weighted by Crippen LogP contribution is -2.47. The molecule has 3 N–H and O–H groups in total. The molecule has 0 bridgehead atoms. The van der Waals surface area contributed by atoms with E-state index in [0.717, 1.165) is 13.0 Å². The van der Waals surface area contributed by atoms with Crippen molar-refractivity contribution in [2.24, 2.45) is 5.92 Å². The number of likely N-dealkylation sites (N-methyl/N-ethyl adjacent to an activating group) is 1. The van der Waals surface area contributed by atoms with Crippen LogP contribution in [0.15, 0.2) is 0 Å². The van der Waals surface area contributed by atoms with E-state index < -0.39 is 5.97 Å². The van der Waals surface area contributed by atoms with Gasteiger partial charge in [0.1, 0.15) is 0 Å². The van der Waals surface area contributed by atoms with E-state index in [1.54, 1.807) is 0 Å². The van der Waals surface area contributed by atoms with Crippen LogP contribution in [0.4, 0.5) is 4.79 Å². The molecule has 0 spiro atoms. The molecule has 0 aromatic carbocycles. The number of rotatable bonds is 5. The number of urea groups is 1. The SMILES string of the molecule is CC(CN(C)C)NC(=O)NC1CCC(C(=O)O)C1. The molecule has 6 nitrogen and oxygen atoms in total. The first kappa shape index (κ1) is 14.8. The second-order valence-corrected chi connectivity index (χ2v) is 5.33. The molecule has 104 valence electrons. The zero-order valence-electron chi connectivity index (χ0n) is 11.3. The van der Waals surface area contributed by atoms with Crippen LogP contribution in [-0.2, 0) is 4.79 Å². The summed E-state index contributed by atoms with van der Waals surface area (Å²) in [5.74, 6) is -1.07. The number of carboxylic acid groups (broad SMARTS) is 1. The van der Waals surface area contributed by atoms with Crippen molar-refractivity contribution < 1.29 is 14.7 Å². The van der Waals surface area contributed by atoms with E-state index in [0.29, 0.717) is 12.8 Å². The van der Waals surface area contributed by atoms with E-state index in [-0.39, 0.29) is 24.0 Å². The molecule has 0 heterocycles. The summed E-state index contributed by atoms with van der Waals surface area (Å²) in [4.78, 5) is 24.5. The zero-order chi connectivity index (χ0) is 13.7. The van der Waals surface area contributed by atoms with Crippen molar-refractivity contribution in [1.82, 2.24) is 15.5 Å². The van der Waals surface area contributed by atoms with E-state index in [2.05, 4.69) is 10.6 Å². The Morgan fingerprint density at radius 2 is 2.06 bits per heavy atom. The first-order valence-corrected chi connectivity index (χ1v) is 6.33. The molecule has 2 amide bonds. The van der Waals surface area contributed by atoms with Gasteiger partial charge in [-0.15, -0.1) is 0 Å². The van der Waals surface area contributed by atoms with Crippen LogP contribution in [-0.4, -0.2) is 54.7 Å². The van der Waals surface area contributed by atoms with Crippen LogP contribution >= 0.6 is 0 Å². The van der Waals surface area contributed by atoms with Gasteiger partial charge in [0.15, 0.2) is 0 Å². The number of carboxylic acids is 1. The molecule has 3 unspecified atom stereocenters. The van der Waals surface area contributed by atoms with Crippen molar-refractivity contribution in [3.8, 4) is 0 Å². The Morgan fingerprint density at radius 1 is 1.39 bits per heavy atom. The van der Waals surface area contributed by atoms with Gasteiger partial charge in [0.2, 0.25) is 0 Å². The van der Waals surface area contributed by atoms with Crippen molar-refractivity contribution >= 4 is 12.0 Å². The predicted octanol–water partition coefficient (Wildman–Crippen LogP) is 0.489. The predicted molar refractivity (Wildman–Crippen MR) is 68.4 cm³/mol. The molecule has 6 heteroatoms. The highest BCUT2D eigenvalue weighted by atomic mass is 16.4. The number of aliphatic carboxylic acids is 1. The lowest BCUT2D eigenvalue weighted by Gasteiger charge is -2.20. The summed E-state index contributed by atoms with van der Waals surface area (Å²) in [6.07, 6.45) is 1.92. The lowest BCUT2D eigenvalue weighted by atomic mass is 10.1. The van der Waals surface area contributed by atoms with Crippen LogP contribution < -0.4 is 10.6 Å². The van der Waals surface area contributed by atoms with Gasteiger partial charge in [-0.1, -0.05) is 0 Å². The van der Waals surface area contributed by atoms with Gasteiger partial charge < -0.3 is 20.6 Å². The number of hydrogen-bond acceptors (Lipinski definition) is 3. The third-order valence-electron chi connectivity index (χ3n) is 3.13. The average molecular weight is 257 g/mol. The molecule has 1 aliphatic carbocycles. The maximum absolute atomic E-state index is 11.7. The van der Waals surface area contributed by atoms with Crippen molar-refractivity contribution in [3.05, 3.63) is 0 Å². The lowest BCUT2D eigenvalue weighted by molar-refractivity contribution is -0.141. The van der Waals surface area contributed by atoms with Crippen LogP contribution in [0.3, 0.4) is 0 Å². The Labute approximate surface area is 108 Å². The Bertz CT molecular complexity index is 307. The Balaban J connectivity index is 2.27. The second-order valence-electron chi connectivity index (χ2n) is 5.33. The average Bonchev–Trinajstić information content (AvgIpc) is 2.63. The summed E-state index contributed by atoms with van der Waals surface area (Å²) in [5, 5.41) is 14.6. The monoisotopic (exact) mass is 257 g/mol. The molecule has 1 rings (SSSR count). The van der Waals surface area contributed by atoms with E-state index in [1.807, 2.05) is 25.9 Å². The van der Waals surface area contributed by atoms with Crippen LogP contribution in [0.2, 0.25) is 0 Å². The Hall–Kier alpha value is -1.30. The number of hydrogen-bond donors (Lipinski definition) is 3. The highest BCUT2D eigenvalue weighted by molar-refractivity contribution is 5.75. The maximum Gasteiger partial charge on any atom is 0.315 e. The first-order chi connectivity index (χ1) is 8.38. The zero-order valence-corrected chi connectivity index (χ0v) is 11.3. The van der Waals surface area contributed by atoms with Crippen molar-refractivity contribution in [3.63, 3.8) is 0 Å². The van der Waals surface area contributed by atoms with Gasteiger partial charge >= 0.3 is 12.0 Å². The molecule has 0 aromatic rings. The van der Waals surface area contributed by atoms with Crippen molar-refractivity contribution in [2.75, 3.05) is 20.6 Å². The quantitative estimate of drug-likeness (QED) is 0.669. The summed E-state index contributed by atoms with van der Waals surface area (Å²) >= 11 is 0. The fourth-order valence-corrected chi connectivity index (χ4v) is 2.38. The minimum Gasteiger partial charge on any atom is -0.481 e. The number of nitrogens with one attached hydrogen (secondary N) is 2. The third kappa shape index (κ3) is 4.91. The second kappa shape index (κ2) is 6.58. The van der Waals surface area contributed by atoms with Crippen LogP contribution in [0.1, 0.15) is 26.2 Å². The highest BCUT2D eigenvalue weighted by Crippen LogP contribution is 2.25. The van der Waals surface area contributed by atoms with Gasteiger partial charge in [-0.3, -0.25) is 4.79 Å². The molecule has 0 aromatic heterocycles. The highest BCUT2D eigenvalue weighted by Gasteiger charge is 2.30. The van der Waals surface area contributed by atoms with Crippen molar-refractivity contribution in [2.45, 2.75) is 38.3 Å². The molecule has 3 atom stereocenters. The fourth-order valence-electron chi connectivity index (χ4n) is 2.38. The van der Waals surface area contributed by atoms with Gasteiger partial charge in [0.05, 0.1) is 5.92 Å². The first-order valence-electron chi connectivity index (χ1n) is 6.33. The summed E-state index contributed by atoms with van der Waals surface area (Å²) < 4.78 is 0. The van der Waals surface area contributed by atoms with Gasteiger partial charge in [-0.2, -0.15) is 0 Å². The van der Waals surface area contributed by atoms with Gasteiger partial charge in [-0.05, 0) is 40.3 Å². The number of carbonyl (C=O) groups excluding carboxylic acids is 1. The normalized spacial score (nSPS) is 24.9. The van der Waals surface area contributed by atoms with Crippen LogP contribution in [0.25, 0.3) is 0 Å². The van der Waals surface area contributed by atoms with Gasteiger partial charge in [0, 0.05) is 18.6 Å². The molecule has 0 saturated heterocycles. The fraction of sp³-hybridized carbons (Fsp3) is 0.833. The molecule has 0 radical (unpaired) electrons. The van der Waals surface area contributed by atoms with Gasteiger partial charge in [0.25, 0.3) is 0 Å². The maximum atomic E-state index is 11.7. The smallest absolute Gasteiger partial charge is 0.315 e. The molecule has 1 aliphatic rings. The van der Waals surface area contributed by atoms with E-state index >= 15 is 0 Å². The summed E-state index contributed by atoms with van der Waals surface area (Å²) in [5.41, 5.74) is 0. The third-order valence-corrected chi connectivity index (χ3v) is 3.13. The number of amides is 2. The Kier molecular flexibility index (Phi) is 5.40. The summed E-state index contributed by atoms with van der Waals surface area (Å²) in [6.45, 7) is 2.71. The van der Waals surface area contributed by atoms with E-state index in [1.165, 1.54) is 0 Å². The summed E-state index contributed by atoms with van der Waals surface area (Å²) in [7, 11) is 3.90. The van der Waals surface area contributed by atoms with Crippen LogP contribution in [0, 0.1) is 5.92 Å². The van der Waals surface area contributed by atoms with Gasteiger partial charge in [-0.25, -0.2) is 4.79 Å². The number of carbonyl (C=O) groups is 2. The van der Waals surface area contributed by atoms with Crippen molar-refractivity contribution in [1.29, 1.82) is 0 Å². The largest absolute Gasteiger partial charge is 0.481 e. The summed E-state index contributed by atoms with van der Waals surface area (Å²) in [6, 6.07) is -0.158. The number of nitrogens with zero attached hydrogens (tertiary/aromatic N) is 1.